The predicted octanol–water partition coefficient (Wildman–Crippen LogP) is 6.37. The maximum Gasteiger partial charge on any atom is 0.418 e. The summed E-state index contributed by atoms with van der Waals surface area (Å²) in [4.78, 5) is 18.0. The van der Waals surface area contributed by atoms with Crippen molar-refractivity contribution in [3.05, 3.63) is 118 Å². The molecule has 0 radical (unpaired) electrons. The van der Waals surface area contributed by atoms with Gasteiger partial charge in [0.2, 0.25) is 0 Å². The zero-order valence-corrected chi connectivity index (χ0v) is 19.5. The van der Waals surface area contributed by atoms with Gasteiger partial charge in [0.15, 0.2) is 5.82 Å². The molecule has 0 atom stereocenters. The van der Waals surface area contributed by atoms with Gasteiger partial charge in [-0.1, -0.05) is 54.6 Å². The Kier molecular flexibility index (Phi) is 5.80. The Labute approximate surface area is 204 Å². The average Bonchev–Trinajstić information content (AvgIpc) is 3.16. The predicted molar refractivity (Wildman–Crippen MR) is 135 cm³/mol. The molecule has 0 fully saturated rings. The monoisotopic (exact) mass is 486 g/mol. The number of rotatable bonds is 4. The Bertz CT molecular complexity index is 1660. The number of hydrogen-bond acceptors (Lipinski definition) is 3. The molecule has 36 heavy (non-hydrogen) atoms. The van der Waals surface area contributed by atoms with Crippen LogP contribution in [0.5, 0.6) is 0 Å². The summed E-state index contributed by atoms with van der Waals surface area (Å²) in [5.41, 5.74) is 1.99. The quantitative estimate of drug-likeness (QED) is 0.277. The fraction of sp³-hybridized carbons (Fsp3) is 0.107. The molecule has 0 spiro atoms. The summed E-state index contributed by atoms with van der Waals surface area (Å²) in [6.07, 6.45) is -3.01. The Hall–Kier alpha value is -4.46. The zero-order chi connectivity index (χ0) is 25.4. The second kappa shape index (κ2) is 8.96. The Morgan fingerprint density at radius 3 is 2.31 bits per heavy atom. The smallest absolute Gasteiger partial charge is 0.317 e. The van der Waals surface area contributed by atoms with Crippen molar-refractivity contribution >= 4 is 17.1 Å². The third kappa shape index (κ3) is 4.11. The van der Waals surface area contributed by atoms with Crippen LogP contribution in [0.3, 0.4) is 0 Å². The molecule has 0 bridgehead atoms. The molecule has 0 aliphatic rings. The Balaban J connectivity index is 1.66. The van der Waals surface area contributed by atoms with Gasteiger partial charge >= 0.3 is 6.18 Å². The minimum atomic E-state index is -4.50. The summed E-state index contributed by atoms with van der Waals surface area (Å²) < 4.78 is 43.8. The number of para-hydroxylation sites is 2. The topological polar surface area (TPSA) is 52.2 Å². The first-order valence-corrected chi connectivity index (χ1v) is 11.2. The lowest BCUT2D eigenvalue weighted by atomic mass is 10.1. The first-order valence-electron chi connectivity index (χ1n) is 11.2. The lowest BCUT2D eigenvalue weighted by Crippen LogP contribution is -2.20. The summed E-state index contributed by atoms with van der Waals surface area (Å²) in [5.74, 6) is 0.367. The van der Waals surface area contributed by atoms with Crippen molar-refractivity contribution in [2.75, 3.05) is 0 Å². The lowest BCUT2D eigenvalue weighted by molar-refractivity contribution is -0.137. The summed E-state index contributed by atoms with van der Waals surface area (Å²) in [5, 5.41) is 4.88. The molecule has 3 aromatic carbocycles. The normalized spacial score (nSPS) is 12.0. The number of benzene rings is 3. The van der Waals surface area contributed by atoms with Crippen molar-refractivity contribution in [3.63, 3.8) is 0 Å². The van der Waals surface area contributed by atoms with E-state index in [1.165, 1.54) is 23.0 Å². The summed E-state index contributed by atoms with van der Waals surface area (Å²) in [6, 6.07) is 23.4. The van der Waals surface area contributed by atoms with Crippen molar-refractivity contribution in [1.82, 2.24) is 14.2 Å². The van der Waals surface area contributed by atoms with Crippen LogP contribution in [0, 0.1) is 13.8 Å². The van der Waals surface area contributed by atoms with Crippen LogP contribution in [-0.2, 0) is 6.18 Å². The van der Waals surface area contributed by atoms with Gasteiger partial charge in [0.25, 0.3) is 5.56 Å². The van der Waals surface area contributed by atoms with Crippen LogP contribution in [0.4, 0.5) is 13.2 Å². The lowest BCUT2D eigenvalue weighted by Gasteiger charge is -2.16. The molecule has 5 nitrogen and oxygen atoms in total. The van der Waals surface area contributed by atoms with Crippen LogP contribution >= 0.6 is 0 Å². The number of aryl methyl sites for hydroxylation is 1. The van der Waals surface area contributed by atoms with E-state index in [-0.39, 0.29) is 11.2 Å². The van der Waals surface area contributed by atoms with Gasteiger partial charge in [-0.15, -0.1) is 0 Å². The molecule has 0 N–H and O–H groups in total. The fourth-order valence-electron chi connectivity index (χ4n) is 4.32. The van der Waals surface area contributed by atoms with E-state index in [1.54, 1.807) is 48.7 Å². The van der Waals surface area contributed by atoms with Crippen LogP contribution in [0.25, 0.3) is 28.0 Å². The van der Waals surface area contributed by atoms with Crippen LogP contribution in [0.2, 0.25) is 0 Å². The van der Waals surface area contributed by atoms with Crippen LogP contribution in [0.1, 0.15) is 22.5 Å². The second-order valence-corrected chi connectivity index (χ2v) is 8.36. The Morgan fingerprint density at radius 1 is 0.889 bits per heavy atom. The third-order valence-electron chi connectivity index (χ3n) is 6.02. The van der Waals surface area contributed by atoms with E-state index in [1.807, 2.05) is 36.4 Å². The fourth-order valence-corrected chi connectivity index (χ4v) is 4.32. The third-order valence-corrected chi connectivity index (χ3v) is 6.02. The van der Waals surface area contributed by atoms with Gasteiger partial charge in [-0.2, -0.15) is 22.9 Å². The highest BCUT2D eigenvalue weighted by Crippen LogP contribution is 2.35. The highest BCUT2D eigenvalue weighted by atomic mass is 19.4. The minimum absolute atomic E-state index is 0.0363. The number of halogens is 3. The molecule has 0 saturated carbocycles. The van der Waals surface area contributed by atoms with Gasteiger partial charge in [0, 0.05) is 22.5 Å². The average molecular weight is 486 g/mol. The van der Waals surface area contributed by atoms with Crippen LogP contribution in [0.15, 0.2) is 94.8 Å². The minimum Gasteiger partial charge on any atom is -0.317 e. The second-order valence-electron chi connectivity index (χ2n) is 8.36. The molecule has 2 aromatic heterocycles. The number of nitrogens with zero attached hydrogens (tertiary/aromatic N) is 4. The summed E-state index contributed by atoms with van der Waals surface area (Å²) in [6.45, 7) is 3.46. The molecule has 0 aliphatic heterocycles. The molecule has 8 heteroatoms. The maximum atomic E-state index is 13.7. The molecular formula is C28H21F3N4O. The van der Waals surface area contributed by atoms with Crippen molar-refractivity contribution in [2.45, 2.75) is 20.0 Å². The van der Waals surface area contributed by atoms with Crippen molar-refractivity contribution < 1.29 is 13.2 Å². The highest BCUT2D eigenvalue weighted by Gasteiger charge is 2.34. The number of hydrogen-bond donors (Lipinski definition) is 0. The van der Waals surface area contributed by atoms with Crippen molar-refractivity contribution in [1.29, 1.82) is 0 Å². The number of fused-ring (bicyclic) bond motifs is 1. The van der Waals surface area contributed by atoms with Gasteiger partial charge in [0.05, 0.1) is 28.4 Å². The van der Waals surface area contributed by atoms with E-state index in [0.29, 0.717) is 39.2 Å². The SMILES string of the molecule is Cc1cc(C=Nn2c(-c3ccccc3)nc3ccccc3c2=O)c(C)n1-c1ccccc1C(F)(F)F. The standard InChI is InChI=1S/C28H21F3N4O/c1-18-16-21(19(2)34(18)25-15-9-7-13-23(25)28(29,30)31)17-32-35-26(20-10-4-3-5-11-20)33-24-14-8-6-12-22(24)27(35)36/h3-17H,1-2H3. The molecule has 0 unspecified atom stereocenters. The van der Waals surface area contributed by atoms with Crippen LogP contribution in [-0.4, -0.2) is 20.4 Å². The van der Waals surface area contributed by atoms with Gasteiger partial charge in [-0.3, -0.25) is 4.79 Å². The largest absolute Gasteiger partial charge is 0.418 e. The summed E-state index contributed by atoms with van der Waals surface area (Å²) in [7, 11) is 0. The van der Waals surface area contributed by atoms with E-state index in [4.69, 9.17) is 0 Å². The molecule has 2 heterocycles. The molecule has 0 amide bonds. The van der Waals surface area contributed by atoms with E-state index in [2.05, 4.69) is 10.1 Å². The van der Waals surface area contributed by atoms with Gasteiger partial charge in [-0.05, 0) is 44.2 Å². The van der Waals surface area contributed by atoms with E-state index in [9.17, 15) is 18.0 Å². The number of alkyl halides is 3. The van der Waals surface area contributed by atoms with Gasteiger partial charge < -0.3 is 4.57 Å². The number of aromatic nitrogens is 3. The highest BCUT2D eigenvalue weighted by molar-refractivity contribution is 5.83. The Morgan fingerprint density at radius 2 is 1.56 bits per heavy atom. The molecule has 5 aromatic rings. The molecular weight excluding hydrogens is 465 g/mol. The van der Waals surface area contributed by atoms with E-state index in [0.717, 1.165) is 6.07 Å². The summed E-state index contributed by atoms with van der Waals surface area (Å²) >= 11 is 0. The van der Waals surface area contributed by atoms with Crippen molar-refractivity contribution in [2.24, 2.45) is 5.10 Å². The van der Waals surface area contributed by atoms with Gasteiger partial charge in [-0.25, -0.2) is 4.98 Å². The molecule has 180 valence electrons. The maximum absolute atomic E-state index is 13.7. The van der Waals surface area contributed by atoms with Crippen molar-refractivity contribution in [3.8, 4) is 17.1 Å². The first-order chi connectivity index (χ1) is 17.3. The molecule has 0 aliphatic carbocycles. The van der Waals surface area contributed by atoms with E-state index < -0.39 is 11.7 Å². The molecule has 0 saturated heterocycles. The zero-order valence-electron chi connectivity index (χ0n) is 19.5. The van der Waals surface area contributed by atoms with Crippen LogP contribution < -0.4 is 5.56 Å². The first kappa shape index (κ1) is 23.3. The van der Waals surface area contributed by atoms with E-state index >= 15 is 0 Å². The molecule has 5 rings (SSSR count). The van der Waals surface area contributed by atoms with Gasteiger partial charge in [0.1, 0.15) is 0 Å².